The lowest BCUT2D eigenvalue weighted by molar-refractivity contribution is -0.128. The molecule has 0 aromatic heterocycles. The van der Waals surface area contributed by atoms with Crippen LogP contribution in [0.1, 0.15) is 6.92 Å². The summed E-state index contributed by atoms with van der Waals surface area (Å²) in [5.41, 5.74) is 0. The second kappa shape index (κ2) is 11.0. The van der Waals surface area contributed by atoms with Crippen molar-refractivity contribution in [2.75, 3.05) is 27.9 Å². The van der Waals surface area contributed by atoms with Crippen LogP contribution in [0.3, 0.4) is 0 Å². The minimum atomic E-state index is -1.79. The topological polar surface area (TPSA) is 96.0 Å². The van der Waals surface area contributed by atoms with E-state index < -0.39 is 22.0 Å². The first kappa shape index (κ1) is 20.4. The number of halogens is 2. The van der Waals surface area contributed by atoms with Gasteiger partial charge in [-0.1, -0.05) is 0 Å². The molecule has 0 aliphatic heterocycles. The second-order valence-corrected chi connectivity index (χ2v) is 4.76. The summed E-state index contributed by atoms with van der Waals surface area (Å²) in [6.07, 6.45) is 0. The Bertz CT molecular complexity index is 337. The molecule has 0 radical (unpaired) electrons. The molecule has 3 amide bonds. The van der Waals surface area contributed by atoms with Crippen molar-refractivity contribution in [1.82, 2.24) is 14.5 Å². The highest BCUT2D eigenvalue weighted by Gasteiger charge is 2.08. The first-order valence-corrected chi connectivity index (χ1v) is 6.49. The van der Waals surface area contributed by atoms with Crippen LogP contribution >= 0.6 is 23.2 Å². The maximum atomic E-state index is 10.6. The van der Waals surface area contributed by atoms with Crippen molar-refractivity contribution in [1.29, 1.82) is 0 Å². The monoisotopic (exact) mass is 335 g/mol. The van der Waals surface area contributed by atoms with Crippen LogP contribution in [0.15, 0.2) is 0 Å². The maximum absolute atomic E-state index is 10.6. The van der Waals surface area contributed by atoms with Crippen molar-refractivity contribution in [3.63, 3.8) is 0 Å². The Hall–Kier alpha value is -0.900. The van der Waals surface area contributed by atoms with Gasteiger partial charge in [-0.25, -0.2) is 8.93 Å². The molecule has 112 valence electrons. The summed E-state index contributed by atoms with van der Waals surface area (Å²) >= 11 is 8.07. The van der Waals surface area contributed by atoms with Crippen LogP contribution in [0.5, 0.6) is 0 Å². The normalized spacial score (nSPS) is 10.6. The van der Waals surface area contributed by atoms with E-state index in [9.17, 15) is 18.6 Å². The van der Waals surface area contributed by atoms with Crippen molar-refractivity contribution in [2.45, 2.75) is 6.92 Å². The molecule has 1 unspecified atom stereocenters. The average Bonchev–Trinajstić information content (AvgIpc) is 2.28. The molecule has 0 saturated carbocycles. The Balaban J connectivity index is 0. The number of amides is 3. The number of carbonyl (C=O) groups excluding carboxylic acids is 3. The van der Waals surface area contributed by atoms with Crippen molar-refractivity contribution in [2.24, 2.45) is 0 Å². The van der Waals surface area contributed by atoms with E-state index in [1.165, 1.54) is 30.9 Å². The van der Waals surface area contributed by atoms with Gasteiger partial charge in [0.25, 0.3) is 11.3 Å². The fourth-order valence-corrected chi connectivity index (χ4v) is 1.04. The number of nitrogens with one attached hydrogen (secondary N) is 1. The fourth-order valence-electron chi connectivity index (χ4n) is 0.581. The number of nitrogens with zero attached hydrogens (tertiary/aromatic N) is 2. The minimum Gasteiger partial charge on any atom is -0.328 e. The molecule has 1 N–H and O–H groups in total. The molecule has 1 atom stereocenters. The van der Waals surface area contributed by atoms with E-state index in [1.54, 1.807) is 11.8 Å². The molecular weight excluding hydrogens is 321 g/mol. The molecule has 0 aromatic carbocycles. The highest BCUT2D eigenvalue weighted by molar-refractivity contribution is 7.78. The van der Waals surface area contributed by atoms with Gasteiger partial charge < -0.3 is 9.80 Å². The van der Waals surface area contributed by atoms with Crippen LogP contribution in [0.4, 0.5) is 9.59 Å². The second-order valence-electron chi connectivity index (χ2n) is 3.09. The highest BCUT2D eigenvalue weighted by atomic mass is 35.5. The van der Waals surface area contributed by atoms with Crippen LogP contribution in [0.2, 0.25) is 0 Å². The predicted molar refractivity (Wildman–Crippen MR) is 71.9 cm³/mol. The van der Waals surface area contributed by atoms with Crippen LogP contribution in [-0.2, 0) is 20.2 Å². The smallest absolute Gasteiger partial charge is 0.327 e. The molecule has 0 saturated heterocycles. The molecule has 0 bridgehead atoms. The molecule has 0 spiro atoms. The Morgan fingerprint density at radius 1 is 1.21 bits per heavy atom. The van der Waals surface area contributed by atoms with Gasteiger partial charge in [-0.15, -0.1) is 0 Å². The van der Waals surface area contributed by atoms with E-state index in [0.29, 0.717) is 0 Å². The van der Waals surface area contributed by atoms with E-state index in [1.807, 2.05) is 0 Å². The fraction of sp³-hybridized carbons (Fsp3) is 0.625. The third kappa shape index (κ3) is 13.3. The lowest BCUT2D eigenvalue weighted by Gasteiger charge is -2.21. The molecular formula is C8H15Cl2N3O5S. The van der Waals surface area contributed by atoms with Crippen LogP contribution in [0.25, 0.3) is 0 Å². The molecule has 0 rings (SSSR count). The standard InChI is InChI=1S/C6H11ClN2O2.C2H4ClNO3S/c1-5(10)8(2)4-9(3)6(7)11;1-7-8(6)4-2(3)5/h4H2,1-3H3;1H3,(H,4,5). The molecule has 0 fully saturated rings. The lowest BCUT2D eigenvalue weighted by Crippen LogP contribution is -2.36. The lowest BCUT2D eigenvalue weighted by atomic mass is 10.6. The predicted octanol–water partition coefficient (Wildman–Crippen LogP) is 0.873. The zero-order valence-corrected chi connectivity index (χ0v) is 13.1. The molecule has 0 aromatic rings. The van der Waals surface area contributed by atoms with Gasteiger partial charge in [0.2, 0.25) is 5.91 Å². The van der Waals surface area contributed by atoms with Crippen LogP contribution in [0, 0.1) is 0 Å². The van der Waals surface area contributed by atoms with Crippen molar-refractivity contribution in [3.8, 4) is 0 Å². The Morgan fingerprint density at radius 3 is 1.89 bits per heavy atom. The summed E-state index contributed by atoms with van der Waals surface area (Å²) in [4.78, 5) is 33.5. The van der Waals surface area contributed by atoms with E-state index in [4.69, 9.17) is 23.2 Å². The quantitative estimate of drug-likeness (QED) is 0.467. The van der Waals surface area contributed by atoms with Crippen LogP contribution in [-0.4, -0.2) is 58.5 Å². The number of rotatable bonds is 4. The number of hydrogen-bond donors (Lipinski definition) is 1. The summed E-state index contributed by atoms with van der Waals surface area (Å²) in [5, 5.41) is -1.47. The highest BCUT2D eigenvalue weighted by Crippen LogP contribution is 1.94. The largest absolute Gasteiger partial charge is 0.328 e. The van der Waals surface area contributed by atoms with E-state index >= 15 is 0 Å². The third-order valence-corrected chi connectivity index (χ3v) is 2.73. The van der Waals surface area contributed by atoms with Gasteiger partial charge in [-0.05, 0) is 23.2 Å². The Morgan fingerprint density at radius 2 is 1.68 bits per heavy atom. The van der Waals surface area contributed by atoms with Crippen molar-refractivity contribution >= 4 is 51.1 Å². The Labute approximate surface area is 123 Å². The van der Waals surface area contributed by atoms with E-state index in [-0.39, 0.29) is 12.6 Å². The van der Waals surface area contributed by atoms with Crippen LogP contribution < -0.4 is 4.72 Å². The minimum absolute atomic E-state index is 0.102. The molecule has 11 heteroatoms. The van der Waals surface area contributed by atoms with E-state index in [0.717, 1.165) is 0 Å². The van der Waals surface area contributed by atoms with Gasteiger partial charge in [-0.2, -0.15) is 0 Å². The molecule has 0 heterocycles. The number of carbonyl (C=O) groups is 3. The average molecular weight is 336 g/mol. The zero-order chi connectivity index (χ0) is 15.6. The van der Waals surface area contributed by atoms with Crippen molar-refractivity contribution in [3.05, 3.63) is 0 Å². The summed E-state index contributed by atoms with van der Waals surface area (Å²) in [6, 6.07) is 0. The maximum Gasteiger partial charge on any atom is 0.327 e. The summed E-state index contributed by atoms with van der Waals surface area (Å²) in [7, 11) is 4.30. The third-order valence-electron chi connectivity index (χ3n) is 1.58. The molecule has 8 nitrogen and oxygen atoms in total. The zero-order valence-electron chi connectivity index (χ0n) is 10.8. The molecule has 0 aliphatic rings. The number of hydrogen-bond acceptors (Lipinski definition) is 5. The first-order chi connectivity index (χ1) is 8.61. The van der Waals surface area contributed by atoms with E-state index in [2.05, 4.69) is 4.18 Å². The van der Waals surface area contributed by atoms with Crippen molar-refractivity contribution < 1.29 is 22.8 Å². The summed E-state index contributed by atoms with van der Waals surface area (Å²) in [6.45, 7) is 1.64. The van der Waals surface area contributed by atoms with Gasteiger partial charge in [0, 0.05) is 21.0 Å². The molecule has 19 heavy (non-hydrogen) atoms. The van der Waals surface area contributed by atoms with Gasteiger partial charge in [0.05, 0.1) is 13.8 Å². The van der Waals surface area contributed by atoms with Gasteiger partial charge in [-0.3, -0.25) is 18.6 Å². The SMILES string of the molecule is CC(=O)N(C)CN(C)C(=O)Cl.COS(=O)NC(=O)Cl. The van der Waals surface area contributed by atoms with Gasteiger partial charge >= 0.3 is 10.7 Å². The summed E-state index contributed by atoms with van der Waals surface area (Å²) < 4.78 is 16.0. The van der Waals surface area contributed by atoms with Gasteiger partial charge in [0.15, 0.2) is 0 Å². The first-order valence-electron chi connectivity index (χ1n) is 4.66. The Kier molecular flexibility index (Phi) is 11.8. The molecule has 0 aliphatic carbocycles. The van der Waals surface area contributed by atoms with Gasteiger partial charge in [0.1, 0.15) is 0 Å². The summed E-state index contributed by atoms with van der Waals surface area (Å²) in [5.74, 6) is -0.102.